The third-order valence-electron chi connectivity index (χ3n) is 2.79. The zero-order valence-corrected chi connectivity index (χ0v) is 9.63. The molecule has 0 saturated carbocycles. The second-order valence-electron chi connectivity index (χ2n) is 3.97. The van der Waals surface area contributed by atoms with Gasteiger partial charge in [-0.25, -0.2) is 0 Å². The van der Waals surface area contributed by atoms with E-state index in [1.54, 1.807) is 0 Å². The van der Waals surface area contributed by atoms with Crippen molar-refractivity contribution in [2.45, 2.75) is 25.4 Å². The lowest BCUT2D eigenvalue weighted by molar-refractivity contribution is 0.188. The zero-order valence-electron chi connectivity index (χ0n) is 8.87. The van der Waals surface area contributed by atoms with E-state index in [9.17, 15) is 0 Å². The van der Waals surface area contributed by atoms with E-state index in [4.69, 9.17) is 16.3 Å². The molecule has 1 fully saturated rings. The summed E-state index contributed by atoms with van der Waals surface area (Å²) in [5.41, 5.74) is 1.16. The number of nitrogens with one attached hydrogen (secondary N) is 1. The summed E-state index contributed by atoms with van der Waals surface area (Å²) in [6, 6.07) is 8.72. The van der Waals surface area contributed by atoms with Crippen LogP contribution in [-0.2, 0) is 4.74 Å². The predicted molar refractivity (Wildman–Crippen MR) is 62.2 cm³/mol. The summed E-state index contributed by atoms with van der Waals surface area (Å²) in [6.07, 6.45) is 1.09. The van der Waals surface area contributed by atoms with Crippen LogP contribution in [0.25, 0.3) is 0 Å². The number of hydrogen-bond donors (Lipinski definition) is 1. The average molecular weight is 226 g/mol. The normalized spacial score (nSPS) is 22.9. The fourth-order valence-electron chi connectivity index (χ4n) is 1.94. The van der Waals surface area contributed by atoms with E-state index >= 15 is 0 Å². The van der Waals surface area contributed by atoms with Crippen LogP contribution >= 0.6 is 11.6 Å². The van der Waals surface area contributed by atoms with Crippen LogP contribution in [0.1, 0.15) is 24.9 Å². The fourth-order valence-corrected chi connectivity index (χ4v) is 2.23. The summed E-state index contributed by atoms with van der Waals surface area (Å²) in [5.74, 6) is 0. The summed E-state index contributed by atoms with van der Waals surface area (Å²) >= 11 is 6.13. The Kier molecular flexibility index (Phi) is 3.62. The van der Waals surface area contributed by atoms with E-state index in [0.29, 0.717) is 6.04 Å². The lowest BCUT2D eigenvalue weighted by Crippen LogP contribution is -2.31. The minimum atomic E-state index is 0.283. The van der Waals surface area contributed by atoms with Gasteiger partial charge < -0.3 is 10.1 Å². The lowest BCUT2D eigenvalue weighted by atomic mass is 10.1. The second kappa shape index (κ2) is 4.97. The smallest absolute Gasteiger partial charge is 0.0620 e. The van der Waals surface area contributed by atoms with Gasteiger partial charge in [0.2, 0.25) is 0 Å². The van der Waals surface area contributed by atoms with Crippen molar-refractivity contribution in [2.75, 3.05) is 13.2 Å². The van der Waals surface area contributed by atoms with Gasteiger partial charge in [-0.2, -0.15) is 0 Å². The molecular weight excluding hydrogens is 210 g/mol. The van der Waals surface area contributed by atoms with Gasteiger partial charge in [0, 0.05) is 23.7 Å². The highest BCUT2D eigenvalue weighted by Crippen LogP contribution is 2.23. The van der Waals surface area contributed by atoms with Crippen LogP contribution in [-0.4, -0.2) is 19.3 Å². The first-order valence-corrected chi connectivity index (χ1v) is 5.73. The van der Waals surface area contributed by atoms with Crippen LogP contribution < -0.4 is 5.32 Å². The van der Waals surface area contributed by atoms with E-state index < -0.39 is 0 Å². The number of halogens is 1. The minimum Gasteiger partial charge on any atom is -0.380 e. The molecule has 0 radical (unpaired) electrons. The van der Waals surface area contributed by atoms with Crippen molar-refractivity contribution in [3.05, 3.63) is 34.9 Å². The average Bonchev–Trinajstić information content (AvgIpc) is 2.71. The van der Waals surface area contributed by atoms with E-state index in [2.05, 4.69) is 18.3 Å². The van der Waals surface area contributed by atoms with E-state index in [1.165, 1.54) is 0 Å². The third kappa shape index (κ3) is 2.71. The van der Waals surface area contributed by atoms with Gasteiger partial charge in [-0.05, 0) is 25.0 Å². The van der Waals surface area contributed by atoms with E-state index in [0.717, 1.165) is 30.2 Å². The maximum atomic E-state index is 6.13. The molecule has 2 atom stereocenters. The maximum absolute atomic E-state index is 6.13. The molecule has 2 unspecified atom stereocenters. The number of rotatable bonds is 3. The Labute approximate surface area is 95.6 Å². The Morgan fingerprint density at radius 2 is 2.27 bits per heavy atom. The lowest BCUT2D eigenvalue weighted by Gasteiger charge is -2.19. The Balaban J connectivity index is 2.00. The molecule has 1 heterocycles. The van der Waals surface area contributed by atoms with Gasteiger partial charge in [0.15, 0.2) is 0 Å². The zero-order chi connectivity index (χ0) is 10.7. The highest BCUT2D eigenvalue weighted by atomic mass is 35.5. The number of benzene rings is 1. The highest BCUT2D eigenvalue weighted by Gasteiger charge is 2.18. The van der Waals surface area contributed by atoms with Crippen LogP contribution in [0, 0.1) is 0 Å². The molecule has 15 heavy (non-hydrogen) atoms. The van der Waals surface area contributed by atoms with Crippen LogP contribution in [0.3, 0.4) is 0 Å². The molecule has 2 rings (SSSR count). The number of hydrogen-bond acceptors (Lipinski definition) is 2. The van der Waals surface area contributed by atoms with Crippen LogP contribution in [0.2, 0.25) is 5.02 Å². The van der Waals surface area contributed by atoms with E-state index in [1.807, 2.05) is 18.2 Å². The molecule has 0 aliphatic carbocycles. The van der Waals surface area contributed by atoms with Gasteiger partial charge in [-0.1, -0.05) is 29.8 Å². The van der Waals surface area contributed by atoms with Gasteiger partial charge in [-0.15, -0.1) is 0 Å². The summed E-state index contributed by atoms with van der Waals surface area (Å²) in [7, 11) is 0. The first-order chi connectivity index (χ1) is 7.27. The molecule has 1 aromatic rings. The van der Waals surface area contributed by atoms with Crippen molar-refractivity contribution in [1.82, 2.24) is 5.32 Å². The molecule has 0 spiro atoms. The van der Waals surface area contributed by atoms with Crippen molar-refractivity contribution in [1.29, 1.82) is 0 Å². The molecule has 0 amide bonds. The van der Waals surface area contributed by atoms with Crippen molar-refractivity contribution in [2.24, 2.45) is 0 Å². The van der Waals surface area contributed by atoms with Crippen LogP contribution in [0.15, 0.2) is 24.3 Å². The largest absolute Gasteiger partial charge is 0.380 e. The van der Waals surface area contributed by atoms with Crippen molar-refractivity contribution in [3.63, 3.8) is 0 Å². The van der Waals surface area contributed by atoms with Gasteiger partial charge in [0.25, 0.3) is 0 Å². The van der Waals surface area contributed by atoms with Crippen molar-refractivity contribution >= 4 is 11.6 Å². The Morgan fingerprint density at radius 1 is 1.47 bits per heavy atom. The molecule has 0 bridgehead atoms. The van der Waals surface area contributed by atoms with Crippen LogP contribution in [0.4, 0.5) is 0 Å². The maximum Gasteiger partial charge on any atom is 0.0620 e. The van der Waals surface area contributed by atoms with Gasteiger partial charge >= 0.3 is 0 Å². The Hall–Kier alpha value is -0.570. The van der Waals surface area contributed by atoms with Crippen molar-refractivity contribution in [3.8, 4) is 0 Å². The van der Waals surface area contributed by atoms with Crippen molar-refractivity contribution < 1.29 is 4.74 Å². The van der Waals surface area contributed by atoms with Gasteiger partial charge in [0.05, 0.1) is 6.61 Å². The number of ether oxygens (including phenoxy) is 1. The highest BCUT2D eigenvalue weighted by molar-refractivity contribution is 6.31. The molecule has 3 heteroatoms. The first kappa shape index (κ1) is 10.9. The van der Waals surface area contributed by atoms with E-state index in [-0.39, 0.29) is 6.04 Å². The molecular formula is C12H16ClNO. The third-order valence-corrected chi connectivity index (χ3v) is 3.13. The predicted octanol–water partition coefficient (Wildman–Crippen LogP) is 2.78. The van der Waals surface area contributed by atoms with Gasteiger partial charge in [0.1, 0.15) is 0 Å². The Bertz CT molecular complexity index is 323. The molecule has 0 aromatic heterocycles. The Morgan fingerprint density at radius 3 is 2.93 bits per heavy atom. The fraction of sp³-hybridized carbons (Fsp3) is 0.500. The summed E-state index contributed by atoms with van der Waals surface area (Å²) < 4.78 is 5.33. The molecule has 1 saturated heterocycles. The molecule has 82 valence electrons. The standard InChI is InChI=1S/C12H16ClNO/c1-9(14-10-6-7-15-8-10)11-4-2-3-5-12(11)13/h2-5,9-10,14H,6-8H2,1H3. The summed E-state index contributed by atoms with van der Waals surface area (Å²) in [6.45, 7) is 3.82. The van der Waals surface area contributed by atoms with Crippen LogP contribution in [0.5, 0.6) is 0 Å². The topological polar surface area (TPSA) is 21.3 Å². The summed E-state index contributed by atoms with van der Waals surface area (Å²) in [5, 5.41) is 4.36. The molecule has 1 N–H and O–H groups in total. The molecule has 1 aromatic carbocycles. The molecule has 1 aliphatic rings. The minimum absolute atomic E-state index is 0.283. The molecule has 1 aliphatic heterocycles. The quantitative estimate of drug-likeness (QED) is 0.854. The monoisotopic (exact) mass is 225 g/mol. The first-order valence-electron chi connectivity index (χ1n) is 5.35. The SMILES string of the molecule is CC(NC1CCOC1)c1ccccc1Cl. The second-order valence-corrected chi connectivity index (χ2v) is 4.38. The summed E-state index contributed by atoms with van der Waals surface area (Å²) in [4.78, 5) is 0. The van der Waals surface area contributed by atoms with Gasteiger partial charge in [-0.3, -0.25) is 0 Å². The molecule has 2 nitrogen and oxygen atoms in total.